The summed E-state index contributed by atoms with van der Waals surface area (Å²) < 4.78 is 26.5. The molecule has 0 spiro atoms. The first-order valence-electron chi connectivity index (χ1n) is 11.3. The van der Waals surface area contributed by atoms with Crippen LogP contribution in [-0.2, 0) is 26.0 Å². The smallest absolute Gasteiger partial charge is 0.325 e. The van der Waals surface area contributed by atoms with Crippen LogP contribution in [0.3, 0.4) is 0 Å². The van der Waals surface area contributed by atoms with E-state index in [0.717, 1.165) is 21.4 Å². The maximum atomic E-state index is 12.8. The Morgan fingerprint density at radius 3 is 2.43 bits per heavy atom. The number of nitrogens with zero attached hydrogens (tertiary/aromatic N) is 2. The van der Waals surface area contributed by atoms with Crippen LogP contribution in [0.1, 0.15) is 19.4 Å². The molecule has 1 aromatic heterocycles. The van der Waals surface area contributed by atoms with Gasteiger partial charge in [0.15, 0.2) is 0 Å². The number of benzene rings is 2. The molecule has 3 aromatic rings. The summed E-state index contributed by atoms with van der Waals surface area (Å²) in [6.45, 7) is 3.77. The minimum absolute atomic E-state index is 0.119. The largest absolute Gasteiger partial charge is 0.361 e. The van der Waals surface area contributed by atoms with Crippen LogP contribution in [0.5, 0.6) is 0 Å². The summed E-state index contributed by atoms with van der Waals surface area (Å²) in [5.74, 6) is -1.04. The van der Waals surface area contributed by atoms with Gasteiger partial charge in [-0.25, -0.2) is 13.2 Å². The fraction of sp³-hybridized carbons (Fsp3) is 0.292. The molecule has 11 heteroatoms. The van der Waals surface area contributed by atoms with Crippen molar-refractivity contribution in [1.29, 1.82) is 0 Å². The van der Waals surface area contributed by atoms with E-state index in [1.165, 1.54) is 28.6 Å². The monoisotopic (exact) mass is 497 g/mol. The highest BCUT2D eigenvalue weighted by molar-refractivity contribution is 7.89. The number of hydrogen-bond donors (Lipinski definition) is 3. The molecule has 0 radical (unpaired) electrons. The summed E-state index contributed by atoms with van der Waals surface area (Å²) >= 11 is 0. The van der Waals surface area contributed by atoms with E-state index in [9.17, 15) is 22.8 Å². The van der Waals surface area contributed by atoms with E-state index >= 15 is 0 Å². The van der Waals surface area contributed by atoms with Gasteiger partial charge in [-0.1, -0.05) is 32.0 Å². The molecule has 0 aliphatic carbocycles. The van der Waals surface area contributed by atoms with Crippen LogP contribution in [0.15, 0.2) is 59.6 Å². The van der Waals surface area contributed by atoms with E-state index in [4.69, 9.17) is 0 Å². The lowest BCUT2D eigenvalue weighted by atomic mass is 10.1. The normalized spacial score (nSPS) is 16.2. The summed E-state index contributed by atoms with van der Waals surface area (Å²) in [7, 11) is -3.61. The van der Waals surface area contributed by atoms with Crippen LogP contribution in [0.25, 0.3) is 10.9 Å². The molecule has 35 heavy (non-hydrogen) atoms. The van der Waals surface area contributed by atoms with Gasteiger partial charge in [0, 0.05) is 42.3 Å². The average Bonchev–Trinajstić information content (AvgIpc) is 3.36. The van der Waals surface area contributed by atoms with Gasteiger partial charge in [0.25, 0.3) is 5.91 Å². The molecule has 0 bridgehead atoms. The second kappa shape index (κ2) is 9.88. The van der Waals surface area contributed by atoms with Crippen molar-refractivity contribution in [3.63, 3.8) is 0 Å². The molecule has 2 aromatic carbocycles. The first-order chi connectivity index (χ1) is 16.7. The summed E-state index contributed by atoms with van der Waals surface area (Å²) in [5, 5.41) is 6.22. The number of fused-ring (bicyclic) bond motifs is 1. The van der Waals surface area contributed by atoms with Crippen molar-refractivity contribution < 1.29 is 22.8 Å². The van der Waals surface area contributed by atoms with Gasteiger partial charge >= 0.3 is 6.03 Å². The number of sulfonamides is 1. The topological polar surface area (TPSA) is 132 Å². The van der Waals surface area contributed by atoms with Gasteiger partial charge in [-0.2, -0.15) is 4.31 Å². The van der Waals surface area contributed by atoms with E-state index in [0.29, 0.717) is 25.2 Å². The van der Waals surface area contributed by atoms with Gasteiger partial charge in [-0.3, -0.25) is 14.5 Å². The van der Waals surface area contributed by atoms with Crippen LogP contribution in [0.4, 0.5) is 10.5 Å². The summed E-state index contributed by atoms with van der Waals surface area (Å²) in [6, 6.07) is 12.0. The summed E-state index contributed by atoms with van der Waals surface area (Å²) in [6.07, 6.45) is 2.11. The van der Waals surface area contributed by atoms with Gasteiger partial charge < -0.3 is 15.6 Å². The van der Waals surface area contributed by atoms with Crippen molar-refractivity contribution in [2.45, 2.75) is 31.2 Å². The highest BCUT2D eigenvalue weighted by Crippen LogP contribution is 2.22. The zero-order valence-corrected chi connectivity index (χ0v) is 20.3. The molecule has 0 saturated carbocycles. The lowest BCUT2D eigenvalue weighted by Crippen LogP contribution is -2.38. The van der Waals surface area contributed by atoms with Crippen LogP contribution in [0.2, 0.25) is 0 Å². The number of amides is 4. The Bertz CT molecular complexity index is 1360. The average molecular weight is 498 g/mol. The van der Waals surface area contributed by atoms with Crippen molar-refractivity contribution in [3.8, 4) is 0 Å². The molecule has 3 N–H and O–H groups in total. The maximum Gasteiger partial charge on any atom is 0.325 e. The summed E-state index contributed by atoms with van der Waals surface area (Å²) in [4.78, 5) is 41.9. The molecule has 10 nitrogen and oxygen atoms in total. The number of aromatic nitrogens is 1. The molecule has 2 heterocycles. The predicted molar refractivity (Wildman–Crippen MR) is 131 cm³/mol. The SMILES string of the molecule is CCN(CC)S(=O)(=O)c1ccc(NC(=O)CN2C(=O)N[C@H](Cc3c[nH]c4ccccc34)C2=O)cc1. The molecule has 184 valence electrons. The molecule has 4 amide bonds. The number of H-pyrrole nitrogens is 1. The number of urea groups is 1. The van der Waals surface area contributed by atoms with Crippen molar-refractivity contribution >= 4 is 44.5 Å². The van der Waals surface area contributed by atoms with Crippen molar-refractivity contribution in [3.05, 3.63) is 60.3 Å². The highest BCUT2D eigenvalue weighted by atomic mass is 32.2. The Hall–Kier alpha value is -3.70. The number of rotatable bonds is 9. The van der Waals surface area contributed by atoms with Crippen LogP contribution >= 0.6 is 0 Å². The van der Waals surface area contributed by atoms with E-state index in [1.54, 1.807) is 13.8 Å². The molecule has 1 atom stereocenters. The number of para-hydroxylation sites is 1. The molecule has 1 aliphatic rings. The van der Waals surface area contributed by atoms with Gasteiger partial charge in [0.2, 0.25) is 15.9 Å². The second-order valence-corrected chi connectivity index (χ2v) is 10.1. The van der Waals surface area contributed by atoms with E-state index < -0.39 is 40.5 Å². The zero-order chi connectivity index (χ0) is 25.2. The van der Waals surface area contributed by atoms with Crippen LogP contribution in [0, 0.1) is 0 Å². The van der Waals surface area contributed by atoms with Crippen molar-refractivity contribution in [1.82, 2.24) is 19.5 Å². The Morgan fingerprint density at radius 1 is 1.06 bits per heavy atom. The van der Waals surface area contributed by atoms with E-state index in [2.05, 4.69) is 15.6 Å². The molecule has 1 aliphatic heterocycles. The van der Waals surface area contributed by atoms with Crippen LogP contribution < -0.4 is 10.6 Å². The predicted octanol–water partition coefficient (Wildman–Crippen LogP) is 2.30. The number of imide groups is 1. The minimum atomic E-state index is -3.61. The number of carbonyl (C=O) groups excluding carboxylic acids is 3. The van der Waals surface area contributed by atoms with Gasteiger partial charge in [-0.15, -0.1) is 0 Å². The number of anilines is 1. The quantitative estimate of drug-likeness (QED) is 0.391. The molecule has 1 saturated heterocycles. The Morgan fingerprint density at radius 2 is 1.74 bits per heavy atom. The Balaban J connectivity index is 1.38. The standard InChI is InChI=1S/C24H27N5O5S/c1-3-28(4-2)35(33,34)18-11-9-17(10-12-18)26-22(30)15-29-23(31)21(27-24(29)32)13-16-14-25-20-8-6-5-7-19(16)20/h5-12,14,21,25H,3-4,13,15H2,1-2H3,(H,26,30)(H,27,32)/t21-/m1/s1. The fourth-order valence-electron chi connectivity index (χ4n) is 4.15. The maximum absolute atomic E-state index is 12.8. The number of carbonyl (C=O) groups is 3. The third kappa shape index (κ3) is 4.91. The molecular formula is C24H27N5O5S. The first-order valence-corrected chi connectivity index (χ1v) is 12.8. The van der Waals surface area contributed by atoms with Crippen LogP contribution in [-0.4, -0.2) is 66.1 Å². The molecular weight excluding hydrogens is 470 g/mol. The van der Waals surface area contributed by atoms with Gasteiger partial charge in [-0.05, 0) is 35.9 Å². The number of aromatic amines is 1. The lowest BCUT2D eigenvalue weighted by molar-refractivity contribution is -0.130. The third-order valence-corrected chi connectivity index (χ3v) is 8.05. The lowest BCUT2D eigenvalue weighted by Gasteiger charge is -2.18. The zero-order valence-electron chi connectivity index (χ0n) is 19.4. The number of nitrogens with one attached hydrogen (secondary N) is 3. The fourth-order valence-corrected chi connectivity index (χ4v) is 5.61. The van der Waals surface area contributed by atoms with Crippen molar-refractivity contribution in [2.24, 2.45) is 0 Å². The van der Waals surface area contributed by atoms with E-state index in [1.807, 2.05) is 30.5 Å². The van der Waals surface area contributed by atoms with E-state index in [-0.39, 0.29) is 4.90 Å². The second-order valence-electron chi connectivity index (χ2n) is 8.15. The van der Waals surface area contributed by atoms with Gasteiger partial charge in [0.05, 0.1) is 4.90 Å². The number of hydrogen-bond acceptors (Lipinski definition) is 5. The Labute approximate surface area is 203 Å². The third-order valence-electron chi connectivity index (χ3n) is 5.99. The van der Waals surface area contributed by atoms with Gasteiger partial charge in [0.1, 0.15) is 12.6 Å². The first kappa shape index (κ1) is 24.4. The summed E-state index contributed by atoms with van der Waals surface area (Å²) in [5.41, 5.74) is 2.19. The minimum Gasteiger partial charge on any atom is -0.361 e. The van der Waals surface area contributed by atoms with Crippen molar-refractivity contribution in [2.75, 3.05) is 25.0 Å². The molecule has 0 unspecified atom stereocenters. The molecule has 4 rings (SSSR count). The Kier molecular flexibility index (Phi) is 6.90. The molecule has 1 fully saturated rings. The highest BCUT2D eigenvalue weighted by Gasteiger charge is 2.39.